The number of hydrogen-bond donors (Lipinski definition) is 1. The highest BCUT2D eigenvalue weighted by Gasteiger charge is 2.30. The predicted molar refractivity (Wildman–Crippen MR) is 102 cm³/mol. The summed E-state index contributed by atoms with van der Waals surface area (Å²) >= 11 is 0. The topological polar surface area (TPSA) is 96.5 Å². The molecule has 7 nitrogen and oxygen atoms in total. The van der Waals surface area contributed by atoms with Crippen molar-refractivity contribution in [3.8, 4) is 0 Å². The maximum atomic E-state index is 13.3. The molecular weight excluding hydrogens is 358 g/mol. The fraction of sp³-hybridized carbons (Fsp3) is 0.333. The van der Waals surface area contributed by atoms with Crippen molar-refractivity contribution in [3.63, 3.8) is 0 Å². The van der Waals surface area contributed by atoms with Gasteiger partial charge < -0.3 is 14.5 Å². The van der Waals surface area contributed by atoms with Gasteiger partial charge in [0.2, 0.25) is 0 Å². The minimum atomic E-state index is -1.05. The number of aryl methyl sites for hydroxylation is 1. The summed E-state index contributed by atoms with van der Waals surface area (Å²) in [6.07, 6.45) is 2.64. The third-order valence-electron chi connectivity index (χ3n) is 4.99. The number of benzene rings is 1. The third-order valence-corrected chi connectivity index (χ3v) is 4.99. The van der Waals surface area contributed by atoms with E-state index in [0.717, 1.165) is 24.1 Å². The van der Waals surface area contributed by atoms with E-state index in [2.05, 4.69) is 10.1 Å². The molecule has 0 saturated heterocycles. The fourth-order valence-electron chi connectivity index (χ4n) is 3.37. The van der Waals surface area contributed by atoms with Crippen molar-refractivity contribution < 1.29 is 19.2 Å². The Morgan fingerprint density at radius 1 is 1.25 bits per heavy atom. The third kappa shape index (κ3) is 3.74. The molecule has 28 heavy (non-hydrogen) atoms. The first-order valence-corrected chi connectivity index (χ1v) is 9.35. The second-order valence-corrected chi connectivity index (χ2v) is 7.17. The number of amides is 1. The molecule has 1 fully saturated rings. The van der Waals surface area contributed by atoms with E-state index in [1.165, 1.54) is 4.90 Å². The molecule has 0 spiro atoms. The minimum Gasteiger partial charge on any atom is -0.480 e. The molecule has 7 heteroatoms. The largest absolute Gasteiger partial charge is 0.480 e. The van der Waals surface area contributed by atoms with Crippen molar-refractivity contribution in [1.29, 1.82) is 0 Å². The summed E-state index contributed by atoms with van der Waals surface area (Å²) in [5, 5.41) is 13.8. The van der Waals surface area contributed by atoms with E-state index in [0.29, 0.717) is 41.2 Å². The highest BCUT2D eigenvalue weighted by atomic mass is 16.5. The maximum absolute atomic E-state index is 13.3. The summed E-state index contributed by atoms with van der Waals surface area (Å²) in [4.78, 5) is 30.6. The van der Waals surface area contributed by atoms with Gasteiger partial charge in [-0.2, -0.15) is 0 Å². The molecule has 1 aliphatic rings. The van der Waals surface area contributed by atoms with Crippen molar-refractivity contribution in [3.05, 3.63) is 58.9 Å². The Bertz CT molecular complexity index is 1020. The van der Waals surface area contributed by atoms with E-state index < -0.39 is 5.97 Å². The molecule has 4 rings (SSSR count). The number of fused-ring (bicyclic) bond motifs is 1. The second kappa shape index (κ2) is 7.42. The van der Waals surface area contributed by atoms with Crippen LogP contribution in [-0.2, 0) is 11.2 Å². The molecule has 0 unspecified atom stereocenters. The van der Waals surface area contributed by atoms with Crippen molar-refractivity contribution in [2.45, 2.75) is 32.1 Å². The van der Waals surface area contributed by atoms with Crippen LogP contribution in [-0.4, -0.2) is 45.1 Å². The van der Waals surface area contributed by atoms with Crippen LogP contribution >= 0.6 is 0 Å². The van der Waals surface area contributed by atoms with E-state index >= 15 is 0 Å². The van der Waals surface area contributed by atoms with Gasteiger partial charge in [0, 0.05) is 18.2 Å². The number of carbonyl (C=O) groups is 2. The summed E-state index contributed by atoms with van der Waals surface area (Å²) < 4.78 is 5.30. The maximum Gasteiger partial charge on any atom is 0.323 e. The van der Waals surface area contributed by atoms with Crippen LogP contribution in [0.4, 0.5) is 0 Å². The van der Waals surface area contributed by atoms with E-state index in [1.807, 2.05) is 30.3 Å². The molecule has 1 aliphatic carbocycles. The van der Waals surface area contributed by atoms with Crippen LogP contribution in [0, 0.1) is 6.92 Å². The average Bonchev–Trinajstić information content (AvgIpc) is 3.48. The monoisotopic (exact) mass is 379 g/mol. The van der Waals surface area contributed by atoms with Gasteiger partial charge in [0.25, 0.3) is 11.6 Å². The molecule has 2 aromatic heterocycles. The summed E-state index contributed by atoms with van der Waals surface area (Å²) in [5.74, 6) is -1.05. The van der Waals surface area contributed by atoms with Crippen LogP contribution < -0.4 is 0 Å². The lowest BCUT2D eigenvalue weighted by molar-refractivity contribution is -0.137. The Morgan fingerprint density at radius 3 is 2.68 bits per heavy atom. The molecule has 1 amide bonds. The summed E-state index contributed by atoms with van der Waals surface area (Å²) in [6.45, 7) is 1.70. The average molecular weight is 379 g/mol. The quantitative estimate of drug-likeness (QED) is 0.677. The van der Waals surface area contributed by atoms with Crippen LogP contribution in [0.25, 0.3) is 11.1 Å². The number of hydrogen-bond acceptors (Lipinski definition) is 5. The van der Waals surface area contributed by atoms with Crippen LogP contribution in [0.15, 0.2) is 40.9 Å². The lowest BCUT2D eigenvalue weighted by Crippen LogP contribution is -2.37. The molecule has 0 bridgehead atoms. The number of carbonyl (C=O) groups excluding carboxylic acids is 1. The van der Waals surface area contributed by atoms with Gasteiger partial charge in [-0.05, 0) is 37.8 Å². The van der Waals surface area contributed by atoms with E-state index in [-0.39, 0.29) is 12.5 Å². The van der Waals surface area contributed by atoms with Crippen molar-refractivity contribution in [2.75, 3.05) is 13.1 Å². The molecule has 0 atom stereocenters. The number of carboxylic acid groups (broad SMARTS) is 1. The number of rotatable bonds is 7. The zero-order valence-electron chi connectivity index (χ0n) is 15.6. The van der Waals surface area contributed by atoms with Gasteiger partial charge in [0.1, 0.15) is 6.54 Å². The molecule has 0 aliphatic heterocycles. The number of carboxylic acids is 1. The SMILES string of the molecule is Cc1noc2nc(C3CC3)cc(C(=O)N(CCc3ccccc3)CC(=O)O)c12. The normalized spacial score (nSPS) is 13.6. The van der Waals surface area contributed by atoms with Crippen LogP contribution in [0.1, 0.15) is 46.1 Å². The number of pyridine rings is 1. The van der Waals surface area contributed by atoms with E-state index in [4.69, 9.17) is 4.52 Å². The Balaban J connectivity index is 1.67. The molecule has 1 N–H and O–H groups in total. The lowest BCUT2D eigenvalue weighted by Gasteiger charge is -2.21. The fourth-order valence-corrected chi connectivity index (χ4v) is 3.37. The summed E-state index contributed by atoms with van der Waals surface area (Å²) in [6, 6.07) is 11.5. The van der Waals surface area contributed by atoms with Crippen LogP contribution in [0.2, 0.25) is 0 Å². The standard InChI is InChI=1S/C21H21N3O4/c1-13-19-16(11-17(15-7-8-15)22-20(19)28-23-13)21(27)24(12-18(25)26)10-9-14-5-3-2-4-6-14/h2-6,11,15H,7-10,12H2,1H3,(H,25,26). The van der Waals surface area contributed by atoms with Gasteiger partial charge in [-0.1, -0.05) is 35.5 Å². The van der Waals surface area contributed by atoms with Crippen molar-refractivity contribution in [2.24, 2.45) is 0 Å². The summed E-state index contributed by atoms with van der Waals surface area (Å²) in [7, 11) is 0. The van der Waals surface area contributed by atoms with E-state index in [1.54, 1.807) is 13.0 Å². The van der Waals surface area contributed by atoms with Crippen LogP contribution in [0.5, 0.6) is 0 Å². The molecule has 1 aromatic carbocycles. The first-order chi connectivity index (χ1) is 13.5. The minimum absolute atomic E-state index is 0.308. The number of aromatic nitrogens is 2. The zero-order valence-corrected chi connectivity index (χ0v) is 15.6. The van der Waals surface area contributed by atoms with Crippen molar-refractivity contribution >= 4 is 23.0 Å². The lowest BCUT2D eigenvalue weighted by atomic mass is 10.1. The Hall–Kier alpha value is -3.22. The van der Waals surface area contributed by atoms with Crippen molar-refractivity contribution in [1.82, 2.24) is 15.0 Å². The Kier molecular flexibility index (Phi) is 4.81. The first-order valence-electron chi connectivity index (χ1n) is 9.35. The number of nitrogens with zero attached hydrogens (tertiary/aromatic N) is 3. The molecule has 0 radical (unpaired) electrons. The first kappa shape index (κ1) is 18.2. The highest BCUT2D eigenvalue weighted by Crippen LogP contribution is 2.40. The van der Waals surface area contributed by atoms with Crippen LogP contribution in [0.3, 0.4) is 0 Å². The van der Waals surface area contributed by atoms with Gasteiger partial charge in [0.05, 0.1) is 16.6 Å². The smallest absolute Gasteiger partial charge is 0.323 e. The Morgan fingerprint density at radius 2 is 2.00 bits per heavy atom. The van der Waals surface area contributed by atoms with Gasteiger partial charge in [-0.15, -0.1) is 0 Å². The summed E-state index contributed by atoms with van der Waals surface area (Å²) in [5.41, 5.74) is 3.19. The number of aliphatic carboxylic acids is 1. The van der Waals surface area contributed by atoms with Gasteiger partial charge in [0.15, 0.2) is 0 Å². The molecule has 2 heterocycles. The zero-order chi connectivity index (χ0) is 19.7. The molecule has 1 saturated carbocycles. The van der Waals surface area contributed by atoms with E-state index in [9.17, 15) is 14.7 Å². The molecule has 144 valence electrons. The second-order valence-electron chi connectivity index (χ2n) is 7.17. The van der Waals surface area contributed by atoms with Gasteiger partial charge >= 0.3 is 5.97 Å². The predicted octanol–water partition coefficient (Wildman–Crippen LogP) is 3.18. The molecular formula is C21H21N3O4. The highest BCUT2D eigenvalue weighted by molar-refractivity contribution is 6.06. The van der Waals surface area contributed by atoms with Gasteiger partial charge in [-0.25, -0.2) is 4.98 Å². The Labute approximate surface area is 162 Å². The van der Waals surface area contributed by atoms with Gasteiger partial charge in [-0.3, -0.25) is 9.59 Å². The molecule has 3 aromatic rings.